The van der Waals surface area contributed by atoms with Crippen molar-refractivity contribution in [2.75, 3.05) is 27.2 Å². The number of likely N-dealkylation sites (N-methyl/N-ethyl adjacent to an activating group) is 1. The van der Waals surface area contributed by atoms with Crippen LogP contribution in [-0.4, -0.2) is 54.5 Å². The average Bonchev–Trinajstić information content (AvgIpc) is 2.93. The van der Waals surface area contributed by atoms with Gasteiger partial charge in [0.2, 0.25) is 5.78 Å². The van der Waals surface area contributed by atoms with Gasteiger partial charge in [0, 0.05) is 23.7 Å². The van der Waals surface area contributed by atoms with Gasteiger partial charge in [0.25, 0.3) is 5.91 Å². The van der Waals surface area contributed by atoms with E-state index in [1.54, 1.807) is 30.3 Å². The summed E-state index contributed by atoms with van der Waals surface area (Å²) in [4.78, 5) is 42.8. The molecule has 0 saturated carbocycles. The SMILES string of the molecule is Cc1ccc(C)c(C(=O)C2C(=O)C(=O)N(CCN(C)C)C2c2ccc(Cl)cc2)c1. The Bertz CT molecular complexity index is 953. The summed E-state index contributed by atoms with van der Waals surface area (Å²) in [6.45, 7) is 4.70. The first-order chi connectivity index (χ1) is 13.7. The van der Waals surface area contributed by atoms with Gasteiger partial charge in [-0.3, -0.25) is 14.4 Å². The van der Waals surface area contributed by atoms with Gasteiger partial charge in [0.05, 0.1) is 6.04 Å². The molecule has 0 aliphatic carbocycles. The molecule has 5 nitrogen and oxygen atoms in total. The molecule has 3 rings (SSSR count). The van der Waals surface area contributed by atoms with Gasteiger partial charge >= 0.3 is 0 Å². The second-order valence-electron chi connectivity index (χ2n) is 7.82. The lowest BCUT2D eigenvalue weighted by Crippen LogP contribution is -2.36. The van der Waals surface area contributed by atoms with Crippen molar-refractivity contribution < 1.29 is 14.4 Å². The van der Waals surface area contributed by atoms with Crippen molar-refractivity contribution >= 4 is 29.1 Å². The van der Waals surface area contributed by atoms with Crippen molar-refractivity contribution in [2.45, 2.75) is 19.9 Å². The van der Waals surface area contributed by atoms with Gasteiger partial charge in [-0.15, -0.1) is 0 Å². The molecule has 0 bridgehead atoms. The fraction of sp³-hybridized carbons (Fsp3) is 0.348. The van der Waals surface area contributed by atoms with E-state index in [9.17, 15) is 14.4 Å². The maximum absolute atomic E-state index is 13.5. The number of rotatable bonds is 6. The molecule has 0 spiro atoms. The van der Waals surface area contributed by atoms with Crippen LogP contribution < -0.4 is 0 Å². The van der Waals surface area contributed by atoms with E-state index in [-0.39, 0.29) is 5.78 Å². The molecule has 1 heterocycles. The Hall–Kier alpha value is -2.50. The number of carbonyl (C=O) groups excluding carboxylic acids is 3. The molecule has 0 radical (unpaired) electrons. The molecule has 2 unspecified atom stereocenters. The third-order valence-electron chi connectivity index (χ3n) is 5.35. The number of hydrogen-bond donors (Lipinski definition) is 0. The lowest BCUT2D eigenvalue weighted by Gasteiger charge is -2.28. The summed E-state index contributed by atoms with van der Waals surface area (Å²) in [6, 6.07) is 11.9. The van der Waals surface area contributed by atoms with Gasteiger partial charge in [0.1, 0.15) is 5.92 Å². The van der Waals surface area contributed by atoms with Crippen LogP contribution in [0.4, 0.5) is 0 Å². The molecule has 152 valence electrons. The van der Waals surface area contributed by atoms with Crippen LogP contribution in [0.25, 0.3) is 0 Å². The van der Waals surface area contributed by atoms with Gasteiger partial charge in [-0.05, 0) is 57.3 Å². The minimum Gasteiger partial charge on any atom is -0.327 e. The normalized spacial score (nSPS) is 19.3. The number of halogens is 1. The fourth-order valence-corrected chi connectivity index (χ4v) is 3.86. The zero-order valence-corrected chi connectivity index (χ0v) is 17.9. The monoisotopic (exact) mass is 412 g/mol. The number of Topliss-reactive ketones (excluding diaryl/α,β-unsaturated/α-hetero) is 2. The van der Waals surface area contributed by atoms with Crippen LogP contribution in [0.3, 0.4) is 0 Å². The van der Waals surface area contributed by atoms with Crippen molar-refractivity contribution in [3.63, 3.8) is 0 Å². The maximum Gasteiger partial charge on any atom is 0.291 e. The highest BCUT2D eigenvalue weighted by molar-refractivity contribution is 6.44. The Morgan fingerprint density at radius 3 is 2.34 bits per heavy atom. The molecule has 2 aromatic rings. The van der Waals surface area contributed by atoms with Crippen molar-refractivity contribution in [1.29, 1.82) is 0 Å². The Balaban J connectivity index is 2.07. The highest BCUT2D eigenvalue weighted by atomic mass is 35.5. The van der Waals surface area contributed by atoms with Crippen LogP contribution in [0, 0.1) is 19.8 Å². The Kier molecular flexibility index (Phi) is 6.20. The number of nitrogens with zero attached hydrogens (tertiary/aromatic N) is 2. The number of amides is 1. The summed E-state index contributed by atoms with van der Waals surface area (Å²) in [5.41, 5.74) is 2.95. The van der Waals surface area contributed by atoms with Crippen LogP contribution >= 0.6 is 11.6 Å². The van der Waals surface area contributed by atoms with E-state index >= 15 is 0 Å². The molecule has 1 saturated heterocycles. The molecule has 1 amide bonds. The molecule has 2 aromatic carbocycles. The van der Waals surface area contributed by atoms with Gasteiger partial charge in [0.15, 0.2) is 5.78 Å². The molecule has 2 atom stereocenters. The largest absolute Gasteiger partial charge is 0.327 e. The molecule has 1 aliphatic heterocycles. The molecule has 1 fully saturated rings. The van der Waals surface area contributed by atoms with E-state index in [0.717, 1.165) is 16.7 Å². The fourth-order valence-electron chi connectivity index (χ4n) is 3.74. The Morgan fingerprint density at radius 1 is 1.07 bits per heavy atom. The first-order valence-corrected chi connectivity index (χ1v) is 9.95. The first kappa shape index (κ1) is 21.2. The second kappa shape index (κ2) is 8.47. The maximum atomic E-state index is 13.5. The first-order valence-electron chi connectivity index (χ1n) is 9.57. The van der Waals surface area contributed by atoms with E-state index in [1.165, 1.54) is 4.90 Å². The zero-order valence-electron chi connectivity index (χ0n) is 17.1. The summed E-state index contributed by atoms with van der Waals surface area (Å²) in [6.07, 6.45) is 0. The molecular weight excluding hydrogens is 388 g/mol. The van der Waals surface area contributed by atoms with Gasteiger partial charge in [-0.2, -0.15) is 0 Å². The van der Waals surface area contributed by atoms with Crippen LogP contribution in [0.5, 0.6) is 0 Å². The predicted octanol–water partition coefficient (Wildman–Crippen LogP) is 3.47. The summed E-state index contributed by atoms with van der Waals surface area (Å²) < 4.78 is 0. The lowest BCUT2D eigenvalue weighted by atomic mass is 9.84. The van der Waals surface area contributed by atoms with E-state index in [2.05, 4.69) is 0 Å². The number of ketones is 2. The summed E-state index contributed by atoms with van der Waals surface area (Å²) >= 11 is 6.03. The molecule has 6 heteroatoms. The topological polar surface area (TPSA) is 57.7 Å². The minimum atomic E-state index is -1.06. The van der Waals surface area contributed by atoms with E-state index in [1.807, 2.05) is 45.0 Å². The number of carbonyl (C=O) groups is 3. The third kappa shape index (κ3) is 4.26. The molecule has 29 heavy (non-hydrogen) atoms. The van der Waals surface area contributed by atoms with Gasteiger partial charge in [-0.25, -0.2) is 0 Å². The third-order valence-corrected chi connectivity index (χ3v) is 5.60. The molecular formula is C23H25ClN2O3. The van der Waals surface area contributed by atoms with Crippen LogP contribution in [0.1, 0.15) is 33.1 Å². The molecule has 0 aromatic heterocycles. The molecule has 0 N–H and O–H groups in total. The minimum absolute atomic E-state index is 0.308. The highest BCUT2D eigenvalue weighted by Gasteiger charge is 2.51. The van der Waals surface area contributed by atoms with Crippen molar-refractivity contribution in [1.82, 2.24) is 9.80 Å². The average molecular weight is 413 g/mol. The number of likely N-dealkylation sites (tertiary alicyclic amines) is 1. The Morgan fingerprint density at radius 2 is 1.72 bits per heavy atom. The van der Waals surface area contributed by atoms with Crippen molar-refractivity contribution in [3.05, 3.63) is 69.7 Å². The van der Waals surface area contributed by atoms with E-state index in [0.29, 0.717) is 23.7 Å². The van der Waals surface area contributed by atoms with Crippen molar-refractivity contribution in [3.8, 4) is 0 Å². The van der Waals surface area contributed by atoms with Gasteiger partial charge < -0.3 is 9.80 Å². The predicted molar refractivity (Wildman–Crippen MR) is 113 cm³/mol. The zero-order chi connectivity index (χ0) is 21.3. The smallest absolute Gasteiger partial charge is 0.291 e. The summed E-state index contributed by atoms with van der Waals surface area (Å²) in [5.74, 6) is -2.62. The van der Waals surface area contributed by atoms with E-state index < -0.39 is 23.7 Å². The van der Waals surface area contributed by atoms with Gasteiger partial charge in [-0.1, -0.05) is 41.4 Å². The van der Waals surface area contributed by atoms with E-state index in [4.69, 9.17) is 11.6 Å². The Labute approximate surface area is 176 Å². The standard InChI is InChI=1S/C23H25ClN2O3/c1-14-5-6-15(2)18(13-14)21(27)19-20(16-7-9-17(24)10-8-16)26(12-11-25(3)4)23(29)22(19)28/h5-10,13,19-20H,11-12H2,1-4H3. The second-order valence-corrected chi connectivity index (χ2v) is 8.26. The number of hydrogen-bond acceptors (Lipinski definition) is 4. The van der Waals surface area contributed by atoms with Crippen LogP contribution in [0.15, 0.2) is 42.5 Å². The quantitative estimate of drug-likeness (QED) is 0.414. The summed E-state index contributed by atoms with van der Waals surface area (Å²) in [7, 11) is 3.80. The molecule has 1 aliphatic rings. The van der Waals surface area contributed by atoms with Crippen LogP contribution in [0.2, 0.25) is 5.02 Å². The van der Waals surface area contributed by atoms with Crippen molar-refractivity contribution in [2.24, 2.45) is 5.92 Å². The highest BCUT2D eigenvalue weighted by Crippen LogP contribution is 2.38. The lowest BCUT2D eigenvalue weighted by molar-refractivity contribution is -0.140. The van der Waals surface area contributed by atoms with Crippen LogP contribution in [-0.2, 0) is 9.59 Å². The number of benzene rings is 2. The summed E-state index contributed by atoms with van der Waals surface area (Å²) in [5, 5.41) is 0.557. The number of aryl methyl sites for hydroxylation is 2.